The van der Waals surface area contributed by atoms with Crippen molar-refractivity contribution in [3.05, 3.63) is 88.5 Å². The smallest absolute Gasteiger partial charge is 0.115 e. The Hall–Kier alpha value is -2.74. The van der Waals surface area contributed by atoms with Crippen LogP contribution in [0.15, 0.2) is 66.2 Å². The van der Waals surface area contributed by atoms with E-state index in [1.807, 2.05) is 30.3 Å². The van der Waals surface area contributed by atoms with Gasteiger partial charge in [-0.15, -0.1) is 0 Å². The average Bonchev–Trinajstić information content (AvgIpc) is 3.07. The molecular weight excluding hydrogens is 326 g/mol. The Morgan fingerprint density at radius 1 is 0.769 bits per heavy atom. The predicted octanol–water partition coefficient (Wildman–Crippen LogP) is 6.92. The summed E-state index contributed by atoms with van der Waals surface area (Å²) in [5, 5.41) is 0. The van der Waals surface area contributed by atoms with Crippen molar-refractivity contribution in [3.8, 4) is 22.3 Å². The van der Waals surface area contributed by atoms with Crippen molar-refractivity contribution >= 4 is 6.08 Å². The van der Waals surface area contributed by atoms with E-state index in [1.165, 1.54) is 16.7 Å². The first-order chi connectivity index (χ1) is 12.7. The Morgan fingerprint density at radius 2 is 1.46 bits per heavy atom. The van der Waals surface area contributed by atoms with E-state index in [1.54, 1.807) is 6.07 Å². The van der Waals surface area contributed by atoms with E-state index in [2.05, 4.69) is 37.3 Å². The Labute approximate surface area is 152 Å². The summed E-state index contributed by atoms with van der Waals surface area (Å²) < 4.78 is 26.6. The van der Waals surface area contributed by atoms with Crippen molar-refractivity contribution in [1.29, 1.82) is 0 Å². The maximum absolute atomic E-state index is 13.3. The molecule has 0 unspecified atom stereocenters. The third-order valence-electron chi connectivity index (χ3n) is 4.91. The lowest BCUT2D eigenvalue weighted by atomic mass is 9.90. The van der Waals surface area contributed by atoms with Crippen molar-refractivity contribution < 1.29 is 8.78 Å². The molecule has 0 radical (unpaired) electrons. The molecule has 3 aromatic carbocycles. The lowest BCUT2D eigenvalue weighted by Crippen LogP contribution is -1.93. The van der Waals surface area contributed by atoms with Gasteiger partial charge in [-0.25, -0.2) is 8.78 Å². The zero-order valence-electron chi connectivity index (χ0n) is 14.7. The van der Waals surface area contributed by atoms with Crippen molar-refractivity contribution in [2.24, 2.45) is 0 Å². The van der Waals surface area contributed by atoms with Gasteiger partial charge in [0.1, 0.15) is 13.3 Å². The van der Waals surface area contributed by atoms with Crippen LogP contribution in [0.3, 0.4) is 0 Å². The van der Waals surface area contributed by atoms with Gasteiger partial charge in [0, 0.05) is 0 Å². The Balaban J connectivity index is 1.94. The summed E-state index contributed by atoms with van der Waals surface area (Å²) in [5.41, 5.74) is 8.99. The first kappa shape index (κ1) is 16.7. The van der Waals surface area contributed by atoms with E-state index in [0.29, 0.717) is 11.1 Å². The third-order valence-corrected chi connectivity index (χ3v) is 4.91. The van der Waals surface area contributed by atoms with Gasteiger partial charge in [0.15, 0.2) is 0 Å². The number of hydrogen-bond acceptors (Lipinski definition) is 0. The van der Waals surface area contributed by atoms with Crippen LogP contribution in [0, 0.1) is 0 Å². The molecule has 2 heteroatoms. The molecule has 0 aromatic heterocycles. The number of benzene rings is 3. The minimum atomic E-state index is -0.587. The molecule has 0 heterocycles. The second-order valence-electron chi connectivity index (χ2n) is 6.94. The molecule has 0 fully saturated rings. The van der Waals surface area contributed by atoms with Gasteiger partial charge in [-0.05, 0) is 76.1 Å². The Morgan fingerprint density at radius 3 is 2.12 bits per heavy atom. The van der Waals surface area contributed by atoms with Crippen molar-refractivity contribution in [2.45, 2.75) is 26.7 Å². The van der Waals surface area contributed by atoms with E-state index in [-0.39, 0.29) is 0 Å². The first-order valence-corrected chi connectivity index (χ1v) is 8.82. The molecule has 3 aromatic rings. The fraction of sp³-hybridized carbons (Fsp3) is 0.167. The third kappa shape index (κ3) is 3.08. The second kappa shape index (κ2) is 6.87. The number of allylic oxidation sites excluding steroid dienone is 1. The van der Waals surface area contributed by atoms with E-state index < -0.39 is 13.3 Å². The van der Waals surface area contributed by atoms with Crippen LogP contribution in [0.4, 0.5) is 8.78 Å². The molecule has 4 rings (SSSR count). The summed E-state index contributed by atoms with van der Waals surface area (Å²) in [7, 11) is 0. The highest BCUT2D eigenvalue weighted by Gasteiger charge is 2.18. The van der Waals surface area contributed by atoms with E-state index in [4.69, 9.17) is 0 Å². The number of halogens is 2. The van der Waals surface area contributed by atoms with Gasteiger partial charge >= 0.3 is 0 Å². The topological polar surface area (TPSA) is 0 Å². The van der Waals surface area contributed by atoms with Crippen LogP contribution in [0.25, 0.3) is 28.3 Å². The highest BCUT2D eigenvalue weighted by Crippen LogP contribution is 2.38. The second-order valence-corrected chi connectivity index (χ2v) is 6.94. The van der Waals surface area contributed by atoms with Gasteiger partial charge in [0.2, 0.25) is 0 Å². The SMILES string of the molecule is CC1=Cc2c(cc(-c3ccccc3)cc2-c2cc(CF)cc(CF)c2)C1. The number of alkyl halides is 2. The number of rotatable bonds is 4. The van der Waals surface area contributed by atoms with Gasteiger partial charge in [0.25, 0.3) is 0 Å². The molecule has 1 aliphatic rings. The molecule has 1 aliphatic carbocycles. The molecule has 0 N–H and O–H groups in total. The molecule has 0 saturated carbocycles. The quantitative estimate of drug-likeness (QED) is 0.481. The van der Waals surface area contributed by atoms with E-state index in [9.17, 15) is 8.78 Å². The molecular formula is C24H20F2. The fourth-order valence-electron chi connectivity index (χ4n) is 3.74. The highest BCUT2D eigenvalue weighted by atomic mass is 19.1. The van der Waals surface area contributed by atoms with Crippen LogP contribution in [-0.2, 0) is 19.8 Å². The minimum Gasteiger partial charge on any atom is -0.246 e. The van der Waals surface area contributed by atoms with Gasteiger partial charge in [-0.3, -0.25) is 0 Å². The summed E-state index contributed by atoms with van der Waals surface area (Å²) >= 11 is 0. The lowest BCUT2D eigenvalue weighted by Gasteiger charge is -2.14. The summed E-state index contributed by atoms with van der Waals surface area (Å²) in [5.74, 6) is 0. The van der Waals surface area contributed by atoms with E-state index >= 15 is 0 Å². The molecule has 0 spiro atoms. The standard InChI is InChI=1S/C24H20F2/c1-16-7-21-12-20(19-5-3-2-4-6-19)13-24(23(21)8-16)22-10-17(14-25)9-18(11-22)15-26/h2-6,8-13H,7,14-15H2,1H3. The molecule has 0 amide bonds. The first-order valence-electron chi connectivity index (χ1n) is 8.82. The molecule has 130 valence electrons. The molecule has 26 heavy (non-hydrogen) atoms. The highest BCUT2D eigenvalue weighted by molar-refractivity contribution is 5.85. The largest absolute Gasteiger partial charge is 0.246 e. The zero-order chi connectivity index (χ0) is 18.1. The molecule has 0 aliphatic heterocycles. The van der Waals surface area contributed by atoms with Crippen LogP contribution in [-0.4, -0.2) is 0 Å². The molecule has 0 bridgehead atoms. The molecule has 0 saturated heterocycles. The summed E-state index contributed by atoms with van der Waals surface area (Å²) in [4.78, 5) is 0. The maximum Gasteiger partial charge on any atom is 0.115 e. The fourth-order valence-corrected chi connectivity index (χ4v) is 3.74. The minimum absolute atomic E-state index is 0.521. The monoisotopic (exact) mass is 346 g/mol. The van der Waals surface area contributed by atoms with Crippen LogP contribution in [0.5, 0.6) is 0 Å². The van der Waals surface area contributed by atoms with Crippen molar-refractivity contribution in [1.82, 2.24) is 0 Å². The van der Waals surface area contributed by atoms with Crippen LogP contribution in [0.1, 0.15) is 29.2 Å². The molecule has 0 nitrogen and oxygen atoms in total. The summed E-state index contributed by atoms with van der Waals surface area (Å²) in [6.45, 7) is 0.948. The average molecular weight is 346 g/mol. The Bertz CT molecular complexity index is 962. The van der Waals surface area contributed by atoms with Gasteiger partial charge < -0.3 is 0 Å². The van der Waals surface area contributed by atoms with Gasteiger partial charge in [-0.2, -0.15) is 0 Å². The van der Waals surface area contributed by atoms with Crippen molar-refractivity contribution in [3.63, 3.8) is 0 Å². The number of fused-ring (bicyclic) bond motifs is 1. The van der Waals surface area contributed by atoms with Crippen LogP contribution >= 0.6 is 0 Å². The van der Waals surface area contributed by atoms with E-state index in [0.717, 1.165) is 28.7 Å². The van der Waals surface area contributed by atoms with Crippen LogP contribution in [0.2, 0.25) is 0 Å². The zero-order valence-corrected chi connectivity index (χ0v) is 14.7. The summed E-state index contributed by atoms with van der Waals surface area (Å²) in [6, 6.07) is 19.9. The lowest BCUT2D eigenvalue weighted by molar-refractivity contribution is 0.475. The van der Waals surface area contributed by atoms with Gasteiger partial charge in [-0.1, -0.05) is 54.1 Å². The van der Waals surface area contributed by atoms with Gasteiger partial charge in [0.05, 0.1) is 0 Å². The Kier molecular flexibility index (Phi) is 4.42. The maximum atomic E-state index is 13.3. The predicted molar refractivity (Wildman–Crippen MR) is 104 cm³/mol. The summed E-state index contributed by atoms with van der Waals surface area (Å²) in [6.07, 6.45) is 3.11. The number of hydrogen-bond donors (Lipinski definition) is 0. The normalized spacial score (nSPS) is 12.8. The molecule has 0 atom stereocenters. The van der Waals surface area contributed by atoms with Crippen LogP contribution < -0.4 is 0 Å². The van der Waals surface area contributed by atoms with Crippen molar-refractivity contribution in [2.75, 3.05) is 0 Å².